The van der Waals surface area contributed by atoms with Gasteiger partial charge in [0, 0.05) is 17.3 Å². The Balaban J connectivity index is 1.82. The van der Waals surface area contributed by atoms with Gasteiger partial charge in [0.15, 0.2) is 0 Å². The van der Waals surface area contributed by atoms with E-state index in [1.54, 1.807) is 33.6 Å². The summed E-state index contributed by atoms with van der Waals surface area (Å²) in [4.78, 5) is 8.11. The highest BCUT2D eigenvalue weighted by atomic mass is 32.2. The van der Waals surface area contributed by atoms with Crippen molar-refractivity contribution in [1.82, 2.24) is 19.3 Å². The molecule has 12 heteroatoms. The average molecular weight is 475 g/mol. The number of nitrogens with zero attached hydrogens (tertiary/aromatic N) is 4. The fraction of sp³-hybridized carbons (Fsp3) is 0.190. The number of aromatic nitrogens is 3. The summed E-state index contributed by atoms with van der Waals surface area (Å²) in [7, 11) is -3.00. The molecular formula is C21H16F3N5O3S. The van der Waals surface area contributed by atoms with Crippen LogP contribution in [0, 0.1) is 11.3 Å². The molecular weight excluding hydrogens is 459 g/mol. The molecule has 3 heterocycles. The van der Waals surface area contributed by atoms with Crippen molar-refractivity contribution in [2.24, 2.45) is 0 Å². The fourth-order valence-corrected chi connectivity index (χ4v) is 4.42. The topological polar surface area (TPSA) is 110 Å². The van der Waals surface area contributed by atoms with E-state index in [1.807, 2.05) is 0 Å². The molecule has 0 aromatic carbocycles. The van der Waals surface area contributed by atoms with E-state index in [0.29, 0.717) is 29.4 Å². The van der Waals surface area contributed by atoms with Crippen LogP contribution in [-0.2, 0) is 10.0 Å². The summed E-state index contributed by atoms with van der Waals surface area (Å²) in [6, 6.07) is 3.99. The van der Waals surface area contributed by atoms with Gasteiger partial charge in [0.05, 0.1) is 30.3 Å². The first-order valence-corrected chi connectivity index (χ1v) is 11.0. The molecule has 0 saturated heterocycles. The molecule has 1 aliphatic carbocycles. The number of halogens is 3. The Morgan fingerprint density at radius 3 is 2.48 bits per heavy atom. The molecule has 0 amide bonds. The Morgan fingerprint density at radius 1 is 1.24 bits per heavy atom. The van der Waals surface area contributed by atoms with Gasteiger partial charge < -0.3 is 4.74 Å². The van der Waals surface area contributed by atoms with Crippen molar-refractivity contribution >= 4 is 26.8 Å². The van der Waals surface area contributed by atoms with Crippen molar-refractivity contribution in [2.75, 3.05) is 7.11 Å². The van der Waals surface area contributed by atoms with Crippen LogP contribution < -0.4 is 9.46 Å². The van der Waals surface area contributed by atoms with Crippen LogP contribution in [0.4, 0.5) is 13.2 Å². The Hall–Kier alpha value is -3.69. The molecule has 33 heavy (non-hydrogen) atoms. The zero-order valence-corrected chi connectivity index (χ0v) is 18.1. The van der Waals surface area contributed by atoms with Gasteiger partial charge in [0.25, 0.3) is 0 Å². The highest BCUT2D eigenvalue weighted by molar-refractivity contribution is 7.89. The second-order valence-electron chi connectivity index (χ2n) is 7.13. The predicted octanol–water partition coefficient (Wildman–Crippen LogP) is 3.62. The number of sulfonamides is 1. The molecule has 4 rings (SSSR count). The molecule has 0 bridgehead atoms. The van der Waals surface area contributed by atoms with Gasteiger partial charge in [-0.25, -0.2) is 13.4 Å². The maximum Gasteiger partial charge on any atom is 0.404 e. The third-order valence-electron chi connectivity index (χ3n) is 5.03. The minimum atomic E-state index is -4.73. The van der Waals surface area contributed by atoms with Gasteiger partial charge in [-0.15, -0.1) is 0 Å². The zero-order valence-electron chi connectivity index (χ0n) is 17.3. The molecule has 0 aliphatic heterocycles. The van der Waals surface area contributed by atoms with Gasteiger partial charge in [-0.3, -0.25) is 9.55 Å². The van der Waals surface area contributed by atoms with Crippen LogP contribution in [0.25, 0.3) is 28.1 Å². The van der Waals surface area contributed by atoms with Crippen molar-refractivity contribution in [3.05, 3.63) is 54.4 Å². The normalized spacial score (nSPS) is 14.5. The summed E-state index contributed by atoms with van der Waals surface area (Å²) in [5.41, 5.74) is 2.05. The van der Waals surface area contributed by atoms with Crippen LogP contribution in [0.3, 0.4) is 0 Å². The number of allylic oxidation sites excluding steroid dienone is 4. The number of hydrogen-bond acceptors (Lipinski definition) is 6. The van der Waals surface area contributed by atoms with Crippen LogP contribution in [0.15, 0.2) is 53.7 Å². The minimum Gasteiger partial charge on any atom is -0.495 e. The molecule has 0 fully saturated rings. The minimum absolute atomic E-state index is 0.240. The summed E-state index contributed by atoms with van der Waals surface area (Å²) in [6.07, 6.45) is 3.12. The first-order chi connectivity index (χ1) is 15.6. The second-order valence-corrected chi connectivity index (χ2v) is 8.85. The summed E-state index contributed by atoms with van der Waals surface area (Å²) >= 11 is 0. The van der Waals surface area contributed by atoms with E-state index in [0.717, 1.165) is 18.0 Å². The largest absolute Gasteiger partial charge is 0.495 e. The highest BCUT2D eigenvalue weighted by Crippen LogP contribution is 2.37. The molecule has 3 aromatic rings. The van der Waals surface area contributed by atoms with Crippen LogP contribution in [-0.4, -0.2) is 42.3 Å². The number of pyridine rings is 2. The van der Waals surface area contributed by atoms with E-state index in [-0.39, 0.29) is 11.3 Å². The van der Waals surface area contributed by atoms with Crippen molar-refractivity contribution in [3.8, 4) is 23.2 Å². The van der Waals surface area contributed by atoms with Gasteiger partial charge in [-0.1, -0.05) is 6.08 Å². The SMILES string of the molecule is COc1cnc2c(c1)c(C#N)c(-c1ccc(S(=O)(=O)N[C@@H](C)C(F)(F)F)cn1)n2C1=CC=C1. The van der Waals surface area contributed by atoms with E-state index in [9.17, 15) is 26.9 Å². The number of rotatable bonds is 6. The summed E-state index contributed by atoms with van der Waals surface area (Å²) in [5.74, 6) is 0.445. The highest BCUT2D eigenvalue weighted by Gasteiger charge is 2.39. The molecule has 1 N–H and O–H groups in total. The summed E-state index contributed by atoms with van der Waals surface area (Å²) in [6.45, 7) is 0.706. The third-order valence-corrected chi connectivity index (χ3v) is 6.56. The van der Waals surface area contributed by atoms with E-state index in [1.165, 1.54) is 19.4 Å². The quantitative estimate of drug-likeness (QED) is 0.583. The Kier molecular flexibility index (Phi) is 5.47. The van der Waals surface area contributed by atoms with Gasteiger partial charge >= 0.3 is 6.18 Å². The van der Waals surface area contributed by atoms with E-state index >= 15 is 0 Å². The Morgan fingerprint density at radius 2 is 1.97 bits per heavy atom. The average Bonchev–Trinajstić information content (AvgIpc) is 3.04. The molecule has 170 valence electrons. The molecule has 0 radical (unpaired) electrons. The van der Waals surface area contributed by atoms with E-state index < -0.39 is 27.1 Å². The predicted molar refractivity (Wildman–Crippen MR) is 113 cm³/mol. The lowest BCUT2D eigenvalue weighted by atomic mass is 10.1. The maximum atomic E-state index is 12.8. The monoisotopic (exact) mass is 475 g/mol. The number of fused-ring (bicyclic) bond motifs is 1. The first kappa shape index (κ1) is 22.5. The molecule has 3 aromatic heterocycles. The van der Waals surface area contributed by atoms with Crippen LogP contribution in [0.1, 0.15) is 12.5 Å². The summed E-state index contributed by atoms with van der Waals surface area (Å²) < 4.78 is 71.5. The number of ether oxygens (including phenoxy) is 1. The van der Waals surface area contributed by atoms with Crippen molar-refractivity contribution in [1.29, 1.82) is 5.26 Å². The first-order valence-electron chi connectivity index (χ1n) is 9.49. The van der Waals surface area contributed by atoms with Crippen molar-refractivity contribution < 1.29 is 26.3 Å². The molecule has 1 atom stereocenters. The molecule has 0 unspecified atom stereocenters. The second kappa shape index (κ2) is 8.02. The smallest absolute Gasteiger partial charge is 0.404 e. The van der Waals surface area contributed by atoms with Crippen LogP contribution in [0.5, 0.6) is 5.75 Å². The fourth-order valence-electron chi connectivity index (χ4n) is 3.24. The number of nitriles is 1. The molecule has 8 nitrogen and oxygen atoms in total. The Labute approximate surface area is 186 Å². The van der Waals surface area contributed by atoms with E-state index in [4.69, 9.17) is 4.74 Å². The van der Waals surface area contributed by atoms with Crippen LogP contribution >= 0.6 is 0 Å². The maximum absolute atomic E-state index is 12.8. The van der Waals surface area contributed by atoms with Gasteiger partial charge in [0.2, 0.25) is 10.0 Å². The molecule has 1 aliphatic rings. The third kappa shape index (κ3) is 3.96. The molecule has 0 saturated carbocycles. The lowest BCUT2D eigenvalue weighted by Gasteiger charge is -2.17. The van der Waals surface area contributed by atoms with Crippen molar-refractivity contribution in [2.45, 2.75) is 24.0 Å². The zero-order chi connectivity index (χ0) is 24.0. The lowest BCUT2D eigenvalue weighted by Crippen LogP contribution is -2.42. The van der Waals surface area contributed by atoms with Gasteiger partial charge in [-0.05, 0) is 37.3 Å². The lowest BCUT2D eigenvalue weighted by molar-refractivity contribution is -0.147. The number of hydrogen-bond donors (Lipinski definition) is 1. The van der Waals surface area contributed by atoms with Crippen molar-refractivity contribution in [3.63, 3.8) is 0 Å². The van der Waals surface area contributed by atoms with Gasteiger partial charge in [-0.2, -0.15) is 23.2 Å². The summed E-state index contributed by atoms with van der Waals surface area (Å²) in [5, 5.41) is 10.4. The number of methoxy groups -OCH3 is 1. The van der Waals surface area contributed by atoms with Crippen LogP contribution in [0.2, 0.25) is 0 Å². The number of alkyl halides is 3. The standard InChI is InChI=1S/C21H16F3N5O3S/c1-12(21(22,23)24)28-33(30,31)15-6-7-18(26-11-15)19-17(9-25)16-8-14(32-2)10-27-20(16)29(19)13-4-3-5-13/h3-8,10-12,28H,1-2H3/t12-/m0/s1. The Bertz CT molecular complexity index is 1450. The number of nitrogens with one attached hydrogen (secondary N) is 1. The van der Waals surface area contributed by atoms with E-state index in [2.05, 4.69) is 16.0 Å². The molecule has 0 spiro atoms. The van der Waals surface area contributed by atoms with Gasteiger partial charge in [0.1, 0.15) is 28.4 Å².